The van der Waals surface area contributed by atoms with Crippen LogP contribution in [0, 0.1) is 13.8 Å². The second-order valence-electron chi connectivity index (χ2n) is 4.44. The Morgan fingerprint density at radius 2 is 2.06 bits per heavy atom. The number of hydrogen-bond donors (Lipinski definition) is 1. The molecule has 0 aliphatic rings. The highest BCUT2D eigenvalue weighted by Gasteiger charge is 2.08. The first kappa shape index (κ1) is 11.2. The number of thiazole rings is 1. The van der Waals surface area contributed by atoms with Gasteiger partial charge in [0.15, 0.2) is 0 Å². The van der Waals surface area contributed by atoms with Gasteiger partial charge in [0.2, 0.25) is 0 Å². The third-order valence-corrected chi connectivity index (χ3v) is 3.87. The normalized spacial score (nSPS) is 10.8. The average molecular weight is 254 g/mol. The van der Waals surface area contributed by atoms with Gasteiger partial charge in [-0.1, -0.05) is 23.8 Å². The van der Waals surface area contributed by atoms with Crippen molar-refractivity contribution >= 4 is 11.3 Å². The van der Waals surface area contributed by atoms with Crippen molar-refractivity contribution in [2.45, 2.75) is 13.8 Å². The molecule has 0 fully saturated rings. The predicted octanol–water partition coefficient (Wildman–Crippen LogP) is 4.42. The second kappa shape index (κ2) is 4.42. The highest BCUT2D eigenvalue weighted by molar-refractivity contribution is 7.13. The van der Waals surface area contributed by atoms with Gasteiger partial charge < -0.3 is 4.98 Å². The molecule has 1 aromatic carbocycles. The Morgan fingerprint density at radius 3 is 2.78 bits per heavy atom. The van der Waals surface area contributed by atoms with Crippen LogP contribution in [0.15, 0.2) is 41.9 Å². The molecule has 0 radical (unpaired) electrons. The van der Waals surface area contributed by atoms with Gasteiger partial charge in [-0.25, -0.2) is 4.98 Å². The van der Waals surface area contributed by atoms with Crippen LogP contribution in [-0.4, -0.2) is 9.97 Å². The molecule has 0 aliphatic heterocycles. The summed E-state index contributed by atoms with van der Waals surface area (Å²) in [6.45, 7) is 4.25. The topological polar surface area (TPSA) is 28.7 Å². The number of nitrogens with one attached hydrogen (secondary N) is 1. The summed E-state index contributed by atoms with van der Waals surface area (Å²) < 4.78 is 0. The molecule has 2 nitrogen and oxygen atoms in total. The lowest BCUT2D eigenvalue weighted by Crippen LogP contribution is -1.85. The highest BCUT2D eigenvalue weighted by atomic mass is 32.1. The Kier molecular flexibility index (Phi) is 2.76. The number of aromatic nitrogens is 2. The van der Waals surface area contributed by atoms with Crippen LogP contribution in [0.5, 0.6) is 0 Å². The number of hydrogen-bond acceptors (Lipinski definition) is 2. The summed E-state index contributed by atoms with van der Waals surface area (Å²) in [5, 5.41) is 3.16. The summed E-state index contributed by atoms with van der Waals surface area (Å²) in [6.07, 6.45) is 1.92. The standard InChI is InChI=1S/C15H14N2S/c1-10-5-6-12(11(2)8-10)14-9-18-15(17-14)13-4-3-7-16-13/h3-9,16H,1-2H3. The minimum atomic E-state index is 1.04. The summed E-state index contributed by atoms with van der Waals surface area (Å²) in [6, 6.07) is 10.5. The molecule has 0 saturated carbocycles. The quantitative estimate of drug-likeness (QED) is 0.720. The number of nitrogens with zero attached hydrogens (tertiary/aromatic N) is 1. The zero-order valence-electron chi connectivity index (χ0n) is 10.4. The molecule has 3 aromatic rings. The van der Waals surface area contributed by atoms with E-state index in [1.54, 1.807) is 11.3 Å². The van der Waals surface area contributed by atoms with Crippen LogP contribution in [0.1, 0.15) is 11.1 Å². The molecule has 0 amide bonds. The monoisotopic (exact) mass is 254 g/mol. The van der Waals surface area contributed by atoms with Gasteiger partial charge in [-0.05, 0) is 31.5 Å². The maximum absolute atomic E-state index is 4.70. The van der Waals surface area contributed by atoms with Gasteiger partial charge in [0, 0.05) is 17.1 Å². The molecule has 0 atom stereocenters. The first-order valence-corrected chi connectivity index (χ1v) is 6.79. The van der Waals surface area contributed by atoms with Gasteiger partial charge in [0.25, 0.3) is 0 Å². The second-order valence-corrected chi connectivity index (χ2v) is 5.30. The summed E-state index contributed by atoms with van der Waals surface area (Å²) in [5.74, 6) is 0. The molecule has 3 rings (SSSR count). The number of benzene rings is 1. The average Bonchev–Trinajstić information content (AvgIpc) is 2.99. The lowest BCUT2D eigenvalue weighted by atomic mass is 10.0. The minimum absolute atomic E-state index is 1.04. The first-order valence-electron chi connectivity index (χ1n) is 5.91. The molecule has 0 bridgehead atoms. The summed E-state index contributed by atoms with van der Waals surface area (Å²) in [7, 11) is 0. The molecular weight excluding hydrogens is 240 g/mol. The van der Waals surface area contributed by atoms with Crippen molar-refractivity contribution in [3.8, 4) is 22.0 Å². The van der Waals surface area contributed by atoms with Crippen LogP contribution < -0.4 is 0 Å². The Labute approximate surface area is 110 Å². The van der Waals surface area contributed by atoms with Crippen molar-refractivity contribution < 1.29 is 0 Å². The third-order valence-electron chi connectivity index (χ3n) is 2.99. The van der Waals surface area contributed by atoms with E-state index < -0.39 is 0 Å². The Balaban J connectivity index is 2.03. The predicted molar refractivity (Wildman–Crippen MR) is 76.8 cm³/mol. The number of aryl methyl sites for hydroxylation is 2. The van der Waals surface area contributed by atoms with Gasteiger partial charge in [-0.2, -0.15) is 0 Å². The van der Waals surface area contributed by atoms with E-state index in [9.17, 15) is 0 Å². The zero-order chi connectivity index (χ0) is 12.5. The molecular formula is C15H14N2S. The molecule has 2 aromatic heterocycles. The maximum atomic E-state index is 4.70. The summed E-state index contributed by atoms with van der Waals surface area (Å²) in [4.78, 5) is 7.89. The Morgan fingerprint density at radius 1 is 1.17 bits per heavy atom. The van der Waals surface area contributed by atoms with Gasteiger partial charge in [-0.3, -0.25) is 0 Å². The molecule has 0 saturated heterocycles. The van der Waals surface area contributed by atoms with Gasteiger partial charge in [0.1, 0.15) is 5.01 Å². The van der Waals surface area contributed by atoms with Gasteiger partial charge >= 0.3 is 0 Å². The number of aromatic amines is 1. The van der Waals surface area contributed by atoms with Crippen molar-refractivity contribution in [1.82, 2.24) is 9.97 Å². The Hall–Kier alpha value is -1.87. The zero-order valence-corrected chi connectivity index (χ0v) is 11.2. The molecule has 0 unspecified atom stereocenters. The van der Waals surface area contributed by atoms with E-state index in [4.69, 9.17) is 4.98 Å². The lowest BCUT2D eigenvalue weighted by molar-refractivity contribution is 1.31. The molecule has 2 heterocycles. The number of H-pyrrole nitrogens is 1. The first-order chi connectivity index (χ1) is 8.74. The molecule has 0 aliphatic carbocycles. The van der Waals surface area contributed by atoms with Crippen molar-refractivity contribution in [2.24, 2.45) is 0 Å². The van der Waals surface area contributed by atoms with Crippen LogP contribution >= 0.6 is 11.3 Å². The van der Waals surface area contributed by atoms with E-state index in [0.29, 0.717) is 0 Å². The van der Waals surface area contributed by atoms with Gasteiger partial charge in [-0.15, -0.1) is 11.3 Å². The van der Waals surface area contributed by atoms with E-state index in [-0.39, 0.29) is 0 Å². The van der Waals surface area contributed by atoms with Crippen molar-refractivity contribution in [1.29, 1.82) is 0 Å². The molecule has 3 heteroatoms. The van der Waals surface area contributed by atoms with Crippen LogP contribution in [0.4, 0.5) is 0 Å². The van der Waals surface area contributed by atoms with Crippen LogP contribution in [-0.2, 0) is 0 Å². The molecule has 1 N–H and O–H groups in total. The minimum Gasteiger partial charge on any atom is -0.359 e. The van der Waals surface area contributed by atoms with Crippen LogP contribution in [0.2, 0.25) is 0 Å². The third kappa shape index (κ3) is 1.97. The van der Waals surface area contributed by atoms with Crippen molar-refractivity contribution in [3.05, 3.63) is 53.0 Å². The highest BCUT2D eigenvalue weighted by Crippen LogP contribution is 2.29. The largest absolute Gasteiger partial charge is 0.359 e. The summed E-state index contributed by atoms with van der Waals surface area (Å²) in [5.41, 5.74) is 5.92. The molecule has 0 spiro atoms. The fourth-order valence-corrected chi connectivity index (χ4v) is 2.89. The number of rotatable bonds is 2. The van der Waals surface area contributed by atoms with Gasteiger partial charge in [0.05, 0.1) is 11.4 Å². The Bertz CT molecular complexity index is 666. The van der Waals surface area contributed by atoms with E-state index in [2.05, 4.69) is 42.4 Å². The van der Waals surface area contributed by atoms with Crippen molar-refractivity contribution in [3.63, 3.8) is 0 Å². The van der Waals surface area contributed by atoms with E-state index in [0.717, 1.165) is 16.4 Å². The smallest absolute Gasteiger partial charge is 0.140 e. The van der Waals surface area contributed by atoms with E-state index in [1.165, 1.54) is 16.7 Å². The molecule has 18 heavy (non-hydrogen) atoms. The molecule has 90 valence electrons. The maximum Gasteiger partial charge on any atom is 0.140 e. The van der Waals surface area contributed by atoms with Crippen LogP contribution in [0.25, 0.3) is 22.0 Å². The lowest BCUT2D eigenvalue weighted by Gasteiger charge is -2.03. The van der Waals surface area contributed by atoms with E-state index >= 15 is 0 Å². The van der Waals surface area contributed by atoms with Crippen molar-refractivity contribution in [2.75, 3.05) is 0 Å². The van der Waals surface area contributed by atoms with Crippen LogP contribution in [0.3, 0.4) is 0 Å². The fraction of sp³-hybridized carbons (Fsp3) is 0.133. The summed E-state index contributed by atoms with van der Waals surface area (Å²) >= 11 is 1.67. The van der Waals surface area contributed by atoms with E-state index in [1.807, 2.05) is 18.3 Å². The fourth-order valence-electron chi connectivity index (χ4n) is 2.09. The SMILES string of the molecule is Cc1ccc(-c2csc(-c3ccc[nH]3)n2)c(C)c1.